The van der Waals surface area contributed by atoms with Crippen molar-refractivity contribution >= 4 is 37.7 Å². The smallest absolute Gasteiger partial charge is 0.181 e. The van der Waals surface area contributed by atoms with E-state index in [2.05, 4.69) is 66.0 Å². The van der Waals surface area contributed by atoms with Crippen LogP contribution >= 0.6 is 31.9 Å². The Morgan fingerprint density at radius 2 is 1.95 bits per heavy atom. The number of nitrogens with one attached hydrogen (secondary N) is 1. The molecule has 0 saturated heterocycles. The highest BCUT2D eigenvalue weighted by atomic mass is 79.9. The minimum atomic E-state index is 0.634. The van der Waals surface area contributed by atoms with Crippen LogP contribution in [-0.2, 0) is 6.42 Å². The molecule has 0 fully saturated rings. The van der Waals surface area contributed by atoms with Crippen LogP contribution < -0.4 is 5.32 Å². The van der Waals surface area contributed by atoms with Gasteiger partial charge in [-0.15, -0.1) is 0 Å². The lowest BCUT2D eigenvalue weighted by molar-refractivity contribution is 0.982. The van der Waals surface area contributed by atoms with Crippen LogP contribution in [-0.4, -0.2) is 21.5 Å². The number of halogens is 2. The van der Waals surface area contributed by atoms with Crippen LogP contribution in [0.15, 0.2) is 21.2 Å². The monoisotopic (exact) mass is 398 g/mol. The van der Waals surface area contributed by atoms with E-state index in [4.69, 9.17) is 0 Å². The molecule has 0 aromatic carbocycles. The zero-order valence-electron chi connectivity index (χ0n) is 11.7. The Kier molecular flexibility index (Phi) is 5.10. The predicted octanol–water partition coefficient (Wildman–Crippen LogP) is 4.37. The summed E-state index contributed by atoms with van der Waals surface area (Å²) in [6.45, 7) is 7.01. The predicted molar refractivity (Wildman–Crippen MR) is 88.9 cm³/mol. The van der Waals surface area contributed by atoms with Crippen molar-refractivity contribution in [1.29, 1.82) is 0 Å². The first-order valence-corrected chi connectivity index (χ1v) is 8.08. The van der Waals surface area contributed by atoms with Crippen molar-refractivity contribution < 1.29 is 0 Å². The number of aryl methyl sites for hydroxylation is 1. The fraction of sp³-hybridized carbons (Fsp3) is 0.357. The van der Waals surface area contributed by atoms with E-state index in [1.54, 1.807) is 6.20 Å². The van der Waals surface area contributed by atoms with E-state index in [0.717, 1.165) is 44.7 Å². The molecule has 0 aliphatic rings. The summed E-state index contributed by atoms with van der Waals surface area (Å²) in [6.07, 6.45) is 2.66. The van der Waals surface area contributed by atoms with Gasteiger partial charge in [0.2, 0.25) is 0 Å². The number of anilines is 1. The van der Waals surface area contributed by atoms with Crippen LogP contribution in [0.1, 0.15) is 25.1 Å². The maximum absolute atomic E-state index is 4.62. The highest BCUT2D eigenvalue weighted by Gasteiger charge is 2.14. The standard InChI is InChI=1S/C14H16Br2N4/c1-4-10-8(3)19-14(20-13(10)17-5-2)12-11(16)6-9(15)7-18-12/h6-7H,4-5H2,1-3H3,(H,17,19,20). The normalized spacial score (nSPS) is 10.7. The first-order chi connectivity index (χ1) is 9.56. The molecule has 0 saturated carbocycles. The number of rotatable bonds is 4. The second-order valence-corrected chi connectivity index (χ2v) is 6.10. The largest absolute Gasteiger partial charge is 0.370 e. The third-order valence-corrected chi connectivity index (χ3v) is 3.97. The van der Waals surface area contributed by atoms with Gasteiger partial charge >= 0.3 is 0 Å². The van der Waals surface area contributed by atoms with E-state index in [-0.39, 0.29) is 0 Å². The first-order valence-electron chi connectivity index (χ1n) is 6.49. The Morgan fingerprint density at radius 3 is 2.55 bits per heavy atom. The maximum Gasteiger partial charge on any atom is 0.181 e. The van der Waals surface area contributed by atoms with Crippen molar-refractivity contribution in [2.75, 3.05) is 11.9 Å². The minimum absolute atomic E-state index is 0.634. The van der Waals surface area contributed by atoms with Gasteiger partial charge in [0.05, 0.1) is 0 Å². The van der Waals surface area contributed by atoms with Gasteiger partial charge in [0.1, 0.15) is 11.5 Å². The summed E-state index contributed by atoms with van der Waals surface area (Å²) in [5.74, 6) is 1.53. The Labute approximate surface area is 135 Å². The average Bonchev–Trinajstić information content (AvgIpc) is 2.38. The van der Waals surface area contributed by atoms with Crippen molar-refractivity contribution in [3.05, 3.63) is 32.5 Å². The van der Waals surface area contributed by atoms with Crippen LogP contribution in [0, 0.1) is 6.92 Å². The molecular formula is C14H16Br2N4. The molecule has 0 spiro atoms. The van der Waals surface area contributed by atoms with E-state index in [9.17, 15) is 0 Å². The van der Waals surface area contributed by atoms with Gasteiger partial charge in [0.25, 0.3) is 0 Å². The highest BCUT2D eigenvalue weighted by Crippen LogP contribution is 2.28. The van der Waals surface area contributed by atoms with Gasteiger partial charge in [-0.2, -0.15) is 0 Å². The van der Waals surface area contributed by atoms with Crippen LogP contribution in [0.2, 0.25) is 0 Å². The second kappa shape index (κ2) is 6.63. The van der Waals surface area contributed by atoms with Gasteiger partial charge in [-0.3, -0.25) is 4.98 Å². The Balaban J connectivity index is 2.57. The average molecular weight is 400 g/mol. The van der Waals surface area contributed by atoms with Crippen LogP contribution in [0.4, 0.5) is 5.82 Å². The number of nitrogens with zero attached hydrogens (tertiary/aromatic N) is 3. The molecule has 1 N–H and O–H groups in total. The summed E-state index contributed by atoms with van der Waals surface area (Å²) in [6, 6.07) is 1.95. The third-order valence-electron chi connectivity index (χ3n) is 2.93. The summed E-state index contributed by atoms with van der Waals surface area (Å²) >= 11 is 6.91. The van der Waals surface area contributed by atoms with Gasteiger partial charge in [-0.1, -0.05) is 6.92 Å². The molecule has 2 rings (SSSR count). The van der Waals surface area contributed by atoms with E-state index < -0.39 is 0 Å². The van der Waals surface area contributed by atoms with Crippen molar-refractivity contribution in [2.45, 2.75) is 27.2 Å². The summed E-state index contributed by atoms with van der Waals surface area (Å²) in [5.41, 5.74) is 2.90. The van der Waals surface area contributed by atoms with Crippen molar-refractivity contribution in [3.8, 4) is 11.5 Å². The molecule has 0 bridgehead atoms. The molecule has 0 atom stereocenters. The molecule has 0 amide bonds. The zero-order chi connectivity index (χ0) is 14.7. The Hall–Kier alpha value is -1.01. The summed E-state index contributed by atoms with van der Waals surface area (Å²) in [5, 5.41) is 3.31. The number of hydrogen-bond donors (Lipinski definition) is 1. The fourth-order valence-electron chi connectivity index (χ4n) is 2.02. The van der Waals surface area contributed by atoms with E-state index >= 15 is 0 Å². The first kappa shape index (κ1) is 15.4. The lowest BCUT2D eigenvalue weighted by atomic mass is 10.1. The molecule has 0 aliphatic carbocycles. The summed E-state index contributed by atoms with van der Waals surface area (Å²) < 4.78 is 1.79. The highest BCUT2D eigenvalue weighted by molar-refractivity contribution is 9.11. The van der Waals surface area contributed by atoms with Crippen molar-refractivity contribution in [3.63, 3.8) is 0 Å². The molecule has 6 heteroatoms. The van der Waals surface area contributed by atoms with Crippen molar-refractivity contribution in [2.24, 2.45) is 0 Å². The molecule has 2 heterocycles. The number of pyridine rings is 1. The molecule has 106 valence electrons. The minimum Gasteiger partial charge on any atom is -0.370 e. The summed E-state index contributed by atoms with van der Waals surface area (Å²) in [4.78, 5) is 13.6. The van der Waals surface area contributed by atoms with Gasteiger partial charge in [0, 0.05) is 32.9 Å². The van der Waals surface area contributed by atoms with Gasteiger partial charge < -0.3 is 5.32 Å². The summed E-state index contributed by atoms with van der Waals surface area (Å²) in [7, 11) is 0. The molecule has 2 aromatic rings. The molecule has 20 heavy (non-hydrogen) atoms. The number of aromatic nitrogens is 3. The lowest BCUT2D eigenvalue weighted by Crippen LogP contribution is -2.08. The van der Waals surface area contributed by atoms with Crippen molar-refractivity contribution in [1.82, 2.24) is 15.0 Å². The van der Waals surface area contributed by atoms with E-state index in [1.165, 1.54) is 0 Å². The van der Waals surface area contributed by atoms with E-state index in [1.807, 2.05) is 13.0 Å². The molecule has 0 aliphatic heterocycles. The quantitative estimate of drug-likeness (QED) is 0.829. The topological polar surface area (TPSA) is 50.7 Å². The van der Waals surface area contributed by atoms with Crippen LogP contribution in [0.5, 0.6) is 0 Å². The van der Waals surface area contributed by atoms with Gasteiger partial charge in [0.15, 0.2) is 5.82 Å². The third kappa shape index (κ3) is 3.17. The fourth-order valence-corrected chi connectivity index (χ4v) is 3.18. The molecule has 0 unspecified atom stereocenters. The SMILES string of the molecule is CCNc1nc(-c2ncc(Br)cc2Br)nc(C)c1CC. The molecular weight excluding hydrogens is 384 g/mol. The van der Waals surface area contributed by atoms with Crippen LogP contribution in [0.3, 0.4) is 0 Å². The number of hydrogen-bond acceptors (Lipinski definition) is 4. The lowest BCUT2D eigenvalue weighted by Gasteiger charge is -2.13. The van der Waals surface area contributed by atoms with Crippen LogP contribution in [0.25, 0.3) is 11.5 Å². The molecule has 4 nitrogen and oxygen atoms in total. The van der Waals surface area contributed by atoms with E-state index in [0.29, 0.717) is 5.82 Å². The zero-order valence-corrected chi connectivity index (χ0v) is 14.8. The molecule has 2 aromatic heterocycles. The van der Waals surface area contributed by atoms with Gasteiger partial charge in [-0.05, 0) is 58.2 Å². The Morgan fingerprint density at radius 1 is 1.20 bits per heavy atom. The molecule has 0 radical (unpaired) electrons. The van der Waals surface area contributed by atoms with Gasteiger partial charge in [-0.25, -0.2) is 9.97 Å². The second-order valence-electron chi connectivity index (χ2n) is 4.33. The maximum atomic E-state index is 4.62. The Bertz CT molecular complexity index is 629.